The van der Waals surface area contributed by atoms with Crippen LogP contribution in [0.3, 0.4) is 0 Å². The quantitative estimate of drug-likeness (QED) is 0.864. The summed E-state index contributed by atoms with van der Waals surface area (Å²) in [7, 11) is 0. The molecule has 1 aromatic carbocycles. The van der Waals surface area contributed by atoms with Gasteiger partial charge in [0.1, 0.15) is 0 Å². The Hall–Kier alpha value is -1.04. The molecule has 0 radical (unpaired) electrons. The minimum absolute atomic E-state index is 0.0163. The van der Waals surface area contributed by atoms with Crippen LogP contribution in [0.15, 0.2) is 29.2 Å². The van der Waals surface area contributed by atoms with E-state index in [4.69, 9.17) is 11.6 Å². The zero-order chi connectivity index (χ0) is 13.9. The van der Waals surface area contributed by atoms with Gasteiger partial charge in [-0.1, -0.05) is 11.6 Å². The summed E-state index contributed by atoms with van der Waals surface area (Å²) < 4.78 is 0. The molecule has 0 spiro atoms. The van der Waals surface area contributed by atoms with E-state index in [-0.39, 0.29) is 5.91 Å². The minimum Gasteiger partial charge on any atom is -0.301 e. The van der Waals surface area contributed by atoms with Crippen molar-refractivity contribution in [3.8, 4) is 0 Å². The predicted molar refractivity (Wildman–Crippen MR) is 84.9 cm³/mol. The van der Waals surface area contributed by atoms with Crippen molar-refractivity contribution in [1.82, 2.24) is 4.98 Å². The van der Waals surface area contributed by atoms with Crippen molar-refractivity contribution in [1.29, 1.82) is 0 Å². The summed E-state index contributed by atoms with van der Waals surface area (Å²) in [6.45, 7) is 0. The first-order valence-electron chi connectivity index (χ1n) is 6.37. The topological polar surface area (TPSA) is 42.0 Å². The zero-order valence-electron chi connectivity index (χ0n) is 10.7. The molecular weight excluding hydrogens is 312 g/mol. The highest BCUT2D eigenvalue weighted by Gasteiger charge is 2.17. The minimum atomic E-state index is -0.0163. The molecular formula is C14H13ClN2OS2. The third-order valence-corrected chi connectivity index (χ3v) is 5.36. The molecule has 104 valence electrons. The Morgan fingerprint density at radius 3 is 2.90 bits per heavy atom. The van der Waals surface area contributed by atoms with Gasteiger partial charge in [0, 0.05) is 14.8 Å². The van der Waals surface area contributed by atoms with Gasteiger partial charge in [0.2, 0.25) is 5.91 Å². The van der Waals surface area contributed by atoms with E-state index in [0.717, 1.165) is 28.6 Å². The van der Waals surface area contributed by atoms with E-state index < -0.39 is 0 Å². The summed E-state index contributed by atoms with van der Waals surface area (Å²) in [5.74, 6) is 0.365. The van der Waals surface area contributed by atoms with Crippen LogP contribution < -0.4 is 5.32 Å². The molecule has 0 saturated heterocycles. The molecule has 0 fully saturated rings. The van der Waals surface area contributed by atoms with E-state index in [0.29, 0.717) is 10.8 Å². The molecule has 3 rings (SSSR count). The highest BCUT2D eigenvalue weighted by atomic mass is 35.5. The van der Waals surface area contributed by atoms with Crippen molar-refractivity contribution in [2.45, 2.75) is 24.2 Å². The number of amides is 1. The van der Waals surface area contributed by atoms with Gasteiger partial charge in [0.15, 0.2) is 5.13 Å². The van der Waals surface area contributed by atoms with Crippen molar-refractivity contribution >= 4 is 45.7 Å². The number of halogens is 1. The van der Waals surface area contributed by atoms with Gasteiger partial charge in [-0.15, -0.1) is 23.1 Å². The average molecular weight is 325 g/mol. The number of benzene rings is 1. The fraction of sp³-hybridized carbons (Fsp3) is 0.286. The maximum Gasteiger partial charge on any atom is 0.236 e. The Balaban J connectivity index is 1.53. The normalized spacial score (nSPS) is 13.2. The van der Waals surface area contributed by atoms with E-state index in [1.54, 1.807) is 11.3 Å². The predicted octanol–water partition coefficient (Wildman–Crippen LogP) is 4.02. The number of thiazole rings is 1. The van der Waals surface area contributed by atoms with Crippen molar-refractivity contribution < 1.29 is 4.79 Å². The van der Waals surface area contributed by atoms with Crippen molar-refractivity contribution in [3.63, 3.8) is 0 Å². The first-order valence-corrected chi connectivity index (χ1v) is 8.55. The summed E-state index contributed by atoms with van der Waals surface area (Å²) in [6.07, 6.45) is 3.33. The number of hydrogen-bond donors (Lipinski definition) is 1. The van der Waals surface area contributed by atoms with Crippen LogP contribution >= 0.6 is 34.7 Å². The molecule has 0 aliphatic heterocycles. The van der Waals surface area contributed by atoms with Gasteiger partial charge in [-0.2, -0.15) is 0 Å². The maximum absolute atomic E-state index is 11.9. The van der Waals surface area contributed by atoms with Crippen LogP contribution in [-0.2, 0) is 17.6 Å². The number of hydrogen-bond acceptors (Lipinski definition) is 4. The Kier molecular flexibility index (Phi) is 4.29. The van der Waals surface area contributed by atoms with Gasteiger partial charge in [0.25, 0.3) is 0 Å². The molecule has 1 heterocycles. The summed E-state index contributed by atoms with van der Waals surface area (Å²) in [6, 6.07) is 7.48. The van der Waals surface area contributed by atoms with E-state index in [1.807, 2.05) is 24.3 Å². The summed E-state index contributed by atoms with van der Waals surface area (Å²) in [5.41, 5.74) is 1.16. The molecule has 1 aliphatic carbocycles. The van der Waals surface area contributed by atoms with Crippen LogP contribution in [0, 0.1) is 0 Å². The number of anilines is 1. The fourth-order valence-electron chi connectivity index (χ4n) is 2.08. The van der Waals surface area contributed by atoms with Crippen molar-refractivity contribution in [3.05, 3.63) is 39.9 Å². The molecule has 1 aromatic heterocycles. The van der Waals surface area contributed by atoms with Gasteiger partial charge in [-0.25, -0.2) is 4.98 Å². The largest absolute Gasteiger partial charge is 0.301 e. The molecule has 20 heavy (non-hydrogen) atoms. The fourth-order valence-corrected chi connectivity index (χ4v) is 3.97. The van der Waals surface area contributed by atoms with Gasteiger partial charge >= 0.3 is 0 Å². The molecule has 0 saturated carbocycles. The molecule has 6 heteroatoms. The van der Waals surface area contributed by atoms with Gasteiger partial charge in [0.05, 0.1) is 11.4 Å². The number of rotatable bonds is 4. The van der Waals surface area contributed by atoms with Crippen LogP contribution in [0.4, 0.5) is 5.13 Å². The molecule has 2 aromatic rings. The molecule has 1 amide bonds. The van der Waals surface area contributed by atoms with Crippen LogP contribution in [0.25, 0.3) is 0 Å². The Bertz CT molecular complexity index is 603. The number of fused-ring (bicyclic) bond motifs is 1. The number of aromatic nitrogens is 1. The third kappa shape index (κ3) is 3.34. The number of thioether (sulfide) groups is 1. The van der Waals surface area contributed by atoms with E-state index in [9.17, 15) is 4.79 Å². The first-order chi connectivity index (χ1) is 9.70. The van der Waals surface area contributed by atoms with E-state index >= 15 is 0 Å². The Labute approximate surface area is 130 Å². The first kappa shape index (κ1) is 13.9. The van der Waals surface area contributed by atoms with Crippen LogP contribution in [0.2, 0.25) is 5.02 Å². The number of carbonyl (C=O) groups excluding carboxylic acids is 1. The van der Waals surface area contributed by atoms with Gasteiger partial charge in [-0.05, 0) is 43.5 Å². The van der Waals surface area contributed by atoms with Gasteiger partial charge < -0.3 is 5.32 Å². The highest BCUT2D eigenvalue weighted by molar-refractivity contribution is 8.00. The lowest BCUT2D eigenvalue weighted by atomic mass is 10.4. The second-order valence-electron chi connectivity index (χ2n) is 4.53. The SMILES string of the molecule is O=C(CSc1ccc(Cl)cc1)Nc1nc2c(s1)CCC2. The molecule has 0 unspecified atom stereocenters. The van der Waals surface area contributed by atoms with Crippen molar-refractivity contribution in [2.24, 2.45) is 0 Å². The van der Waals surface area contributed by atoms with Crippen LogP contribution in [0.5, 0.6) is 0 Å². The second kappa shape index (κ2) is 6.16. The van der Waals surface area contributed by atoms with Crippen molar-refractivity contribution in [2.75, 3.05) is 11.1 Å². The lowest BCUT2D eigenvalue weighted by Crippen LogP contribution is -2.13. The smallest absolute Gasteiger partial charge is 0.236 e. The number of nitrogens with zero attached hydrogens (tertiary/aromatic N) is 1. The van der Waals surface area contributed by atoms with Gasteiger partial charge in [-0.3, -0.25) is 4.79 Å². The molecule has 0 atom stereocenters. The summed E-state index contributed by atoms with van der Waals surface area (Å²) in [5, 5.41) is 4.31. The number of nitrogens with one attached hydrogen (secondary N) is 1. The average Bonchev–Trinajstić information content (AvgIpc) is 2.99. The Morgan fingerprint density at radius 2 is 2.15 bits per heavy atom. The third-order valence-electron chi connectivity index (χ3n) is 3.03. The zero-order valence-corrected chi connectivity index (χ0v) is 13.1. The highest BCUT2D eigenvalue weighted by Crippen LogP contribution is 2.30. The molecule has 3 nitrogen and oxygen atoms in total. The molecule has 0 bridgehead atoms. The maximum atomic E-state index is 11.9. The summed E-state index contributed by atoms with van der Waals surface area (Å²) in [4.78, 5) is 18.7. The lowest BCUT2D eigenvalue weighted by molar-refractivity contribution is -0.113. The Morgan fingerprint density at radius 1 is 1.35 bits per heavy atom. The molecule has 1 N–H and O–H groups in total. The summed E-state index contributed by atoms with van der Waals surface area (Å²) >= 11 is 8.92. The number of aryl methyl sites for hydroxylation is 2. The molecule has 1 aliphatic rings. The second-order valence-corrected chi connectivity index (χ2v) is 7.10. The van der Waals surface area contributed by atoms with Crippen LogP contribution in [-0.4, -0.2) is 16.6 Å². The lowest BCUT2D eigenvalue weighted by Gasteiger charge is -2.02. The van der Waals surface area contributed by atoms with Crippen LogP contribution in [0.1, 0.15) is 17.0 Å². The standard InChI is InChI=1S/C14H13ClN2OS2/c15-9-4-6-10(7-5-9)19-8-13(18)17-14-16-11-2-1-3-12(11)20-14/h4-7H,1-3,8H2,(H,16,17,18). The van der Waals surface area contributed by atoms with E-state index in [1.165, 1.54) is 23.1 Å². The monoisotopic (exact) mass is 324 g/mol. The van der Waals surface area contributed by atoms with E-state index in [2.05, 4.69) is 10.3 Å². The number of carbonyl (C=O) groups is 1.